The second-order valence-corrected chi connectivity index (χ2v) is 3.94. The molecule has 0 amide bonds. The average molecular weight is 246 g/mol. The molecule has 2 rings (SSSR count). The number of carbonyl (C=O) groups is 1. The third-order valence-electron chi connectivity index (χ3n) is 2.74. The lowest BCUT2D eigenvalue weighted by Crippen LogP contribution is -2.20. The number of ether oxygens (including phenoxy) is 1. The van der Waals surface area contributed by atoms with E-state index in [0.29, 0.717) is 16.6 Å². The summed E-state index contributed by atoms with van der Waals surface area (Å²) in [6, 6.07) is 5.18. The molecule has 0 radical (unpaired) electrons. The molecule has 0 aliphatic rings. The first kappa shape index (κ1) is 12.2. The van der Waals surface area contributed by atoms with Gasteiger partial charge >= 0.3 is 5.97 Å². The molecule has 0 atom stereocenters. The minimum absolute atomic E-state index is 0.00440. The number of esters is 1. The van der Waals surface area contributed by atoms with Gasteiger partial charge in [-0.1, -0.05) is 6.07 Å². The van der Waals surface area contributed by atoms with Crippen LogP contribution in [0.2, 0.25) is 0 Å². The zero-order chi connectivity index (χ0) is 13.3. The number of nitrogens with zero attached hydrogens (tertiary/aromatic N) is 1. The number of aryl methyl sites for hydroxylation is 1. The molecule has 1 heterocycles. The number of fused-ring (bicyclic) bond motifs is 1. The Morgan fingerprint density at radius 2 is 2.17 bits per heavy atom. The van der Waals surface area contributed by atoms with Gasteiger partial charge in [0, 0.05) is 18.9 Å². The molecule has 0 bridgehead atoms. The van der Waals surface area contributed by atoms with Crippen LogP contribution in [0.15, 0.2) is 29.2 Å². The van der Waals surface area contributed by atoms with Gasteiger partial charge in [0.1, 0.15) is 5.56 Å². The zero-order valence-electron chi connectivity index (χ0n) is 10.3. The van der Waals surface area contributed by atoms with Crippen LogP contribution in [-0.2, 0) is 11.8 Å². The highest BCUT2D eigenvalue weighted by Crippen LogP contribution is 2.17. The lowest BCUT2D eigenvalue weighted by Gasteiger charge is -2.09. The van der Waals surface area contributed by atoms with Crippen LogP contribution in [0.25, 0.3) is 10.9 Å². The number of anilines is 1. The first-order chi connectivity index (χ1) is 8.56. The third-order valence-corrected chi connectivity index (χ3v) is 2.74. The summed E-state index contributed by atoms with van der Waals surface area (Å²) in [5.74, 6) is -0.622. The largest absolute Gasteiger partial charge is 0.462 e. The lowest BCUT2D eigenvalue weighted by atomic mass is 10.1. The SMILES string of the molecule is CCOC(=O)c1cn(C)c2cccc(N)c2c1=O. The molecular formula is C13H14N2O3. The summed E-state index contributed by atoms with van der Waals surface area (Å²) in [5, 5.41) is 0.352. The van der Waals surface area contributed by atoms with E-state index in [0.717, 1.165) is 0 Å². The number of nitrogens with two attached hydrogens (primary N) is 1. The number of nitrogen functional groups attached to an aromatic ring is 1. The molecule has 0 saturated heterocycles. The number of pyridine rings is 1. The molecule has 0 spiro atoms. The summed E-state index contributed by atoms with van der Waals surface area (Å²) in [5.41, 5.74) is 6.47. The van der Waals surface area contributed by atoms with Crippen molar-refractivity contribution in [3.05, 3.63) is 40.2 Å². The van der Waals surface area contributed by atoms with E-state index in [1.165, 1.54) is 6.20 Å². The monoisotopic (exact) mass is 246 g/mol. The Hall–Kier alpha value is -2.30. The molecule has 1 aromatic heterocycles. The van der Waals surface area contributed by atoms with Gasteiger partial charge in [-0.2, -0.15) is 0 Å². The van der Waals surface area contributed by atoms with Crippen molar-refractivity contribution in [3.8, 4) is 0 Å². The Balaban J connectivity index is 2.80. The molecule has 5 heteroatoms. The van der Waals surface area contributed by atoms with Crippen molar-refractivity contribution in [1.29, 1.82) is 0 Å². The molecule has 0 unspecified atom stereocenters. The van der Waals surface area contributed by atoms with Gasteiger partial charge in [0.25, 0.3) is 0 Å². The van der Waals surface area contributed by atoms with Gasteiger partial charge in [-0.3, -0.25) is 4.79 Å². The lowest BCUT2D eigenvalue weighted by molar-refractivity contribution is 0.0524. The number of carbonyl (C=O) groups excluding carboxylic acids is 1. The van der Waals surface area contributed by atoms with Crippen molar-refractivity contribution in [3.63, 3.8) is 0 Å². The topological polar surface area (TPSA) is 74.3 Å². The van der Waals surface area contributed by atoms with Crippen molar-refractivity contribution < 1.29 is 9.53 Å². The fourth-order valence-electron chi connectivity index (χ4n) is 1.91. The third kappa shape index (κ3) is 1.84. The molecular weight excluding hydrogens is 232 g/mol. The van der Waals surface area contributed by atoms with Gasteiger partial charge in [0.05, 0.1) is 17.5 Å². The predicted octanol–water partition coefficient (Wildman–Crippen LogP) is 1.30. The van der Waals surface area contributed by atoms with Gasteiger partial charge in [-0.15, -0.1) is 0 Å². The van der Waals surface area contributed by atoms with Crippen LogP contribution >= 0.6 is 0 Å². The molecule has 2 N–H and O–H groups in total. The van der Waals surface area contributed by atoms with E-state index in [2.05, 4.69) is 0 Å². The zero-order valence-corrected chi connectivity index (χ0v) is 10.3. The molecule has 18 heavy (non-hydrogen) atoms. The number of hydrogen-bond acceptors (Lipinski definition) is 4. The van der Waals surface area contributed by atoms with Crippen LogP contribution < -0.4 is 11.2 Å². The van der Waals surface area contributed by atoms with Crippen molar-refractivity contribution in [2.24, 2.45) is 7.05 Å². The first-order valence-corrected chi connectivity index (χ1v) is 5.61. The van der Waals surface area contributed by atoms with E-state index in [1.807, 2.05) is 0 Å². The number of rotatable bonds is 2. The fourth-order valence-corrected chi connectivity index (χ4v) is 1.91. The normalized spacial score (nSPS) is 10.6. The Labute approximate surface area is 104 Å². The van der Waals surface area contributed by atoms with Gasteiger partial charge in [0.2, 0.25) is 5.43 Å². The van der Waals surface area contributed by atoms with Crippen LogP contribution in [0.5, 0.6) is 0 Å². The van der Waals surface area contributed by atoms with E-state index in [1.54, 1.807) is 36.7 Å². The second kappa shape index (κ2) is 4.52. The Morgan fingerprint density at radius 1 is 1.44 bits per heavy atom. The Morgan fingerprint density at radius 3 is 2.83 bits per heavy atom. The van der Waals surface area contributed by atoms with E-state index in [-0.39, 0.29) is 17.6 Å². The van der Waals surface area contributed by atoms with Crippen molar-refractivity contribution in [2.75, 3.05) is 12.3 Å². The van der Waals surface area contributed by atoms with Crippen molar-refractivity contribution in [2.45, 2.75) is 6.92 Å². The van der Waals surface area contributed by atoms with Crippen LogP contribution in [0.1, 0.15) is 17.3 Å². The van der Waals surface area contributed by atoms with Gasteiger partial charge in [-0.25, -0.2) is 4.79 Å². The average Bonchev–Trinajstić information content (AvgIpc) is 2.33. The quantitative estimate of drug-likeness (QED) is 0.640. The molecule has 5 nitrogen and oxygen atoms in total. The number of aromatic nitrogens is 1. The molecule has 0 aliphatic heterocycles. The molecule has 2 aromatic rings. The highest BCUT2D eigenvalue weighted by molar-refractivity contribution is 5.97. The van der Waals surface area contributed by atoms with E-state index < -0.39 is 5.97 Å². The second-order valence-electron chi connectivity index (χ2n) is 3.94. The van der Waals surface area contributed by atoms with E-state index >= 15 is 0 Å². The number of hydrogen-bond donors (Lipinski definition) is 1. The molecule has 94 valence electrons. The summed E-state index contributed by atoms with van der Waals surface area (Å²) >= 11 is 0. The van der Waals surface area contributed by atoms with Crippen LogP contribution in [0.3, 0.4) is 0 Å². The summed E-state index contributed by atoms with van der Waals surface area (Å²) in [4.78, 5) is 23.9. The standard InChI is InChI=1S/C13H14N2O3/c1-3-18-13(17)8-7-15(2)10-6-4-5-9(14)11(10)12(8)16/h4-7H,3,14H2,1-2H3. The maximum Gasteiger partial charge on any atom is 0.343 e. The summed E-state index contributed by atoms with van der Waals surface area (Å²) in [7, 11) is 1.75. The fraction of sp³-hybridized carbons (Fsp3) is 0.231. The molecule has 0 aliphatic carbocycles. The maximum atomic E-state index is 12.2. The van der Waals surface area contributed by atoms with Crippen molar-refractivity contribution in [1.82, 2.24) is 4.57 Å². The van der Waals surface area contributed by atoms with Crippen LogP contribution in [0, 0.1) is 0 Å². The Bertz CT molecular complexity index is 674. The van der Waals surface area contributed by atoms with Gasteiger partial charge in [0.15, 0.2) is 0 Å². The number of benzene rings is 1. The summed E-state index contributed by atoms with van der Waals surface area (Å²) in [6.07, 6.45) is 1.47. The highest BCUT2D eigenvalue weighted by atomic mass is 16.5. The van der Waals surface area contributed by atoms with Crippen LogP contribution in [0.4, 0.5) is 5.69 Å². The smallest absolute Gasteiger partial charge is 0.343 e. The maximum absolute atomic E-state index is 12.2. The minimum Gasteiger partial charge on any atom is -0.462 e. The molecule has 0 saturated carbocycles. The van der Waals surface area contributed by atoms with Gasteiger partial charge in [-0.05, 0) is 19.1 Å². The van der Waals surface area contributed by atoms with Crippen LogP contribution in [-0.4, -0.2) is 17.1 Å². The summed E-state index contributed by atoms with van der Waals surface area (Å²) in [6.45, 7) is 1.92. The van der Waals surface area contributed by atoms with Crippen molar-refractivity contribution >= 4 is 22.6 Å². The minimum atomic E-state index is -0.622. The summed E-state index contributed by atoms with van der Waals surface area (Å²) < 4.78 is 6.55. The van der Waals surface area contributed by atoms with Gasteiger partial charge < -0.3 is 15.0 Å². The molecule has 1 aromatic carbocycles. The molecule has 0 fully saturated rings. The predicted molar refractivity (Wildman–Crippen MR) is 69.6 cm³/mol. The highest BCUT2D eigenvalue weighted by Gasteiger charge is 2.16. The van der Waals surface area contributed by atoms with E-state index in [9.17, 15) is 9.59 Å². The Kier molecular flexibility index (Phi) is 3.06. The first-order valence-electron chi connectivity index (χ1n) is 5.61. The van der Waals surface area contributed by atoms with E-state index in [4.69, 9.17) is 10.5 Å².